The molecule has 18 heavy (non-hydrogen) atoms. The first-order chi connectivity index (χ1) is 8.72. The van der Waals surface area contributed by atoms with Gasteiger partial charge in [-0.05, 0) is 19.4 Å². The molecule has 0 saturated carbocycles. The molecule has 5 atom stereocenters. The van der Waals surface area contributed by atoms with Crippen molar-refractivity contribution in [1.82, 2.24) is 4.90 Å². The van der Waals surface area contributed by atoms with Gasteiger partial charge >= 0.3 is 0 Å². The summed E-state index contributed by atoms with van der Waals surface area (Å²) in [6.07, 6.45) is 0.749. The number of ether oxygens (including phenoxy) is 2. The summed E-state index contributed by atoms with van der Waals surface area (Å²) in [7, 11) is 1.69. The molecule has 0 spiro atoms. The number of nitrogens with two attached hydrogens (primary N) is 1. The van der Waals surface area contributed by atoms with Gasteiger partial charge in [-0.15, -0.1) is 0 Å². The Bertz CT molecular complexity index is 264. The van der Waals surface area contributed by atoms with Crippen LogP contribution in [0.25, 0.3) is 0 Å². The van der Waals surface area contributed by atoms with Crippen LogP contribution in [0.1, 0.15) is 12.8 Å². The summed E-state index contributed by atoms with van der Waals surface area (Å²) in [5.74, 6) is 0. The molecular formula is C12H24N2O4. The van der Waals surface area contributed by atoms with E-state index in [9.17, 15) is 10.2 Å². The lowest BCUT2D eigenvalue weighted by Crippen LogP contribution is -2.52. The summed E-state index contributed by atoms with van der Waals surface area (Å²) in [5.41, 5.74) is 5.71. The van der Waals surface area contributed by atoms with Gasteiger partial charge in [0.15, 0.2) is 0 Å². The molecule has 6 nitrogen and oxygen atoms in total. The quantitative estimate of drug-likeness (QED) is 0.560. The fourth-order valence-electron chi connectivity index (χ4n) is 3.20. The lowest BCUT2D eigenvalue weighted by Gasteiger charge is -2.34. The van der Waals surface area contributed by atoms with Gasteiger partial charge in [0, 0.05) is 19.7 Å². The summed E-state index contributed by atoms with van der Waals surface area (Å²) < 4.78 is 10.8. The summed E-state index contributed by atoms with van der Waals surface area (Å²) in [6.45, 7) is 1.77. The van der Waals surface area contributed by atoms with E-state index in [0.717, 1.165) is 19.4 Å². The number of methoxy groups -OCH3 is 1. The highest BCUT2D eigenvalue weighted by Gasteiger charge is 2.48. The Morgan fingerprint density at radius 3 is 2.83 bits per heavy atom. The summed E-state index contributed by atoms with van der Waals surface area (Å²) in [4.78, 5) is 2.24. The van der Waals surface area contributed by atoms with E-state index in [0.29, 0.717) is 19.2 Å². The third-order valence-corrected chi connectivity index (χ3v) is 4.04. The van der Waals surface area contributed by atoms with Crippen LogP contribution in [0.3, 0.4) is 0 Å². The monoisotopic (exact) mass is 260 g/mol. The van der Waals surface area contributed by atoms with Gasteiger partial charge < -0.3 is 25.4 Å². The maximum absolute atomic E-state index is 10.3. The Hall–Kier alpha value is -0.240. The molecule has 0 bridgehead atoms. The zero-order valence-corrected chi connectivity index (χ0v) is 10.9. The Balaban J connectivity index is 2.09. The van der Waals surface area contributed by atoms with Gasteiger partial charge in [-0.25, -0.2) is 0 Å². The summed E-state index contributed by atoms with van der Waals surface area (Å²) >= 11 is 0. The lowest BCUT2D eigenvalue weighted by atomic mass is 10.0. The average molecular weight is 260 g/mol. The maximum atomic E-state index is 10.3. The van der Waals surface area contributed by atoms with Gasteiger partial charge in [-0.2, -0.15) is 0 Å². The molecule has 0 aliphatic carbocycles. The zero-order valence-electron chi connectivity index (χ0n) is 10.9. The van der Waals surface area contributed by atoms with Crippen molar-refractivity contribution in [3.05, 3.63) is 0 Å². The van der Waals surface area contributed by atoms with Crippen LogP contribution in [0.15, 0.2) is 0 Å². The molecule has 2 saturated heterocycles. The molecule has 5 unspecified atom stereocenters. The fourth-order valence-corrected chi connectivity index (χ4v) is 3.20. The Labute approximate surface area is 108 Å². The van der Waals surface area contributed by atoms with Gasteiger partial charge in [0.25, 0.3) is 0 Å². The predicted molar refractivity (Wildman–Crippen MR) is 66.2 cm³/mol. The minimum Gasteiger partial charge on any atom is -0.394 e. The van der Waals surface area contributed by atoms with E-state index >= 15 is 0 Å². The molecule has 2 heterocycles. The van der Waals surface area contributed by atoms with Crippen LogP contribution in [0, 0.1) is 0 Å². The van der Waals surface area contributed by atoms with Crippen molar-refractivity contribution in [3.8, 4) is 0 Å². The number of hydrogen-bond acceptors (Lipinski definition) is 6. The SMILES string of the molecule is COCC1CCCN1C1C(CN)OC(CO)C1O. The minimum absolute atomic E-state index is 0.130. The smallest absolute Gasteiger partial charge is 0.109 e. The summed E-state index contributed by atoms with van der Waals surface area (Å²) in [6, 6.07) is 0.180. The molecule has 2 rings (SSSR count). The highest BCUT2D eigenvalue weighted by molar-refractivity contribution is 5.00. The van der Waals surface area contributed by atoms with Gasteiger partial charge in [0.2, 0.25) is 0 Å². The molecule has 0 aromatic heterocycles. The molecule has 6 heteroatoms. The number of hydrogen-bond donors (Lipinski definition) is 3. The first kappa shape index (κ1) is 14.2. The second-order valence-electron chi connectivity index (χ2n) is 5.10. The van der Waals surface area contributed by atoms with Crippen LogP contribution in [0.4, 0.5) is 0 Å². The van der Waals surface area contributed by atoms with Crippen LogP contribution < -0.4 is 5.73 Å². The fraction of sp³-hybridized carbons (Fsp3) is 1.00. The standard InChI is InChI=1S/C12H24N2O4/c1-17-7-8-3-2-4-14(8)11-9(5-13)18-10(6-15)12(11)16/h8-12,15-16H,2-7,13H2,1H3. The highest BCUT2D eigenvalue weighted by atomic mass is 16.5. The van der Waals surface area contributed by atoms with E-state index in [4.69, 9.17) is 15.2 Å². The molecule has 4 N–H and O–H groups in total. The first-order valence-corrected chi connectivity index (χ1v) is 6.62. The molecule has 2 aliphatic rings. The van der Waals surface area contributed by atoms with E-state index in [2.05, 4.69) is 4.90 Å². The predicted octanol–water partition coefficient (Wildman–Crippen LogP) is -1.45. The number of aliphatic hydroxyl groups is 2. The summed E-state index contributed by atoms with van der Waals surface area (Å²) in [5, 5.41) is 19.5. The maximum Gasteiger partial charge on any atom is 0.109 e. The van der Waals surface area contributed by atoms with Gasteiger partial charge in [-0.3, -0.25) is 4.90 Å². The molecule has 0 amide bonds. The van der Waals surface area contributed by atoms with E-state index < -0.39 is 12.2 Å². The number of aliphatic hydroxyl groups excluding tert-OH is 2. The zero-order chi connectivity index (χ0) is 13.1. The number of nitrogens with zero attached hydrogens (tertiary/aromatic N) is 1. The Morgan fingerprint density at radius 1 is 1.44 bits per heavy atom. The van der Waals surface area contributed by atoms with Crippen LogP contribution in [0.2, 0.25) is 0 Å². The molecule has 0 aromatic carbocycles. The van der Waals surface area contributed by atoms with Crippen molar-refractivity contribution < 1.29 is 19.7 Å². The van der Waals surface area contributed by atoms with Gasteiger partial charge in [0.05, 0.1) is 25.4 Å². The second-order valence-corrected chi connectivity index (χ2v) is 5.10. The van der Waals surface area contributed by atoms with Crippen LogP contribution in [0.5, 0.6) is 0 Å². The normalized spacial score (nSPS) is 41.7. The van der Waals surface area contributed by atoms with Crippen molar-refractivity contribution in [3.63, 3.8) is 0 Å². The largest absolute Gasteiger partial charge is 0.394 e. The van der Waals surface area contributed by atoms with Crippen molar-refractivity contribution in [1.29, 1.82) is 0 Å². The number of rotatable bonds is 5. The number of likely N-dealkylation sites (tertiary alicyclic amines) is 1. The van der Waals surface area contributed by atoms with E-state index in [-0.39, 0.29) is 18.8 Å². The van der Waals surface area contributed by atoms with Crippen molar-refractivity contribution >= 4 is 0 Å². The average Bonchev–Trinajstić information content (AvgIpc) is 2.93. The van der Waals surface area contributed by atoms with Gasteiger partial charge in [-0.1, -0.05) is 0 Å². The minimum atomic E-state index is -0.680. The molecule has 106 valence electrons. The Morgan fingerprint density at radius 2 is 2.22 bits per heavy atom. The second kappa shape index (κ2) is 6.27. The van der Waals surface area contributed by atoms with Crippen LogP contribution >= 0.6 is 0 Å². The van der Waals surface area contributed by atoms with Crippen molar-refractivity contribution in [2.75, 3.05) is 33.4 Å². The van der Waals surface area contributed by atoms with Crippen LogP contribution in [-0.2, 0) is 9.47 Å². The molecular weight excluding hydrogens is 236 g/mol. The van der Waals surface area contributed by atoms with E-state index in [1.54, 1.807) is 7.11 Å². The van der Waals surface area contributed by atoms with E-state index in [1.165, 1.54) is 0 Å². The molecule has 2 aliphatic heterocycles. The lowest BCUT2D eigenvalue weighted by molar-refractivity contribution is -0.0193. The first-order valence-electron chi connectivity index (χ1n) is 6.62. The third-order valence-electron chi connectivity index (χ3n) is 4.04. The highest BCUT2D eigenvalue weighted by Crippen LogP contribution is 2.31. The Kier molecular flexibility index (Phi) is 4.94. The van der Waals surface area contributed by atoms with Gasteiger partial charge in [0.1, 0.15) is 12.2 Å². The molecule has 0 aromatic rings. The van der Waals surface area contributed by atoms with Crippen molar-refractivity contribution in [2.45, 2.75) is 43.2 Å². The van der Waals surface area contributed by atoms with Crippen LogP contribution in [-0.4, -0.2) is 78.9 Å². The van der Waals surface area contributed by atoms with E-state index in [1.807, 2.05) is 0 Å². The molecule has 2 fully saturated rings. The van der Waals surface area contributed by atoms with Crippen molar-refractivity contribution in [2.24, 2.45) is 5.73 Å². The topological polar surface area (TPSA) is 88.2 Å². The third kappa shape index (κ3) is 2.54. The molecule has 0 radical (unpaired) electrons.